The summed E-state index contributed by atoms with van der Waals surface area (Å²) >= 11 is 0. The first kappa shape index (κ1) is 21.6. The number of carbonyl (C=O) groups is 2. The number of amides is 2. The van der Waals surface area contributed by atoms with Crippen molar-refractivity contribution in [2.24, 2.45) is 5.92 Å². The Morgan fingerprint density at radius 3 is 2.53 bits per heavy atom. The molecule has 158 valence electrons. The van der Waals surface area contributed by atoms with E-state index in [9.17, 15) is 9.59 Å². The molecule has 30 heavy (non-hydrogen) atoms. The van der Waals surface area contributed by atoms with Crippen LogP contribution in [0.25, 0.3) is 11.0 Å². The molecular formula is C24H30N4O2. The number of carbonyl (C=O) groups excluding carboxylic acids is 2. The lowest BCUT2D eigenvalue weighted by Crippen LogP contribution is -2.27. The van der Waals surface area contributed by atoms with Crippen LogP contribution in [0.1, 0.15) is 55.4 Å². The van der Waals surface area contributed by atoms with Crippen LogP contribution in [0.5, 0.6) is 0 Å². The number of imidazole rings is 1. The second-order valence-corrected chi connectivity index (χ2v) is 8.01. The van der Waals surface area contributed by atoms with Gasteiger partial charge in [-0.1, -0.05) is 32.9 Å². The molecule has 0 fully saturated rings. The fourth-order valence-corrected chi connectivity index (χ4v) is 3.19. The van der Waals surface area contributed by atoms with Gasteiger partial charge in [0.15, 0.2) is 0 Å². The van der Waals surface area contributed by atoms with Gasteiger partial charge in [-0.05, 0) is 54.7 Å². The van der Waals surface area contributed by atoms with Gasteiger partial charge in [0.2, 0.25) is 5.91 Å². The SMILES string of the molecule is CCCC(=O)Nc1ccc(CCc2nc3ccc(C(=O)NCC(C)C)cc3[nH]2)cc1. The minimum absolute atomic E-state index is 0.0461. The van der Waals surface area contributed by atoms with E-state index in [0.717, 1.165) is 41.8 Å². The van der Waals surface area contributed by atoms with Crippen LogP contribution < -0.4 is 10.6 Å². The number of aromatic amines is 1. The van der Waals surface area contributed by atoms with Gasteiger partial charge in [0.05, 0.1) is 11.0 Å². The third-order valence-corrected chi connectivity index (χ3v) is 4.83. The van der Waals surface area contributed by atoms with Crippen molar-refractivity contribution in [2.45, 2.75) is 46.5 Å². The predicted molar refractivity (Wildman–Crippen MR) is 121 cm³/mol. The number of H-pyrrole nitrogens is 1. The van der Waals surface area contributed by atoms with Crippen molar-refractivity contribution in [2.75, 3.05) is 11.9 Å². The zero-order valence-electron chi connectivity index (χ0n) is 17.9. The van der Waals surface area contributed by atoms with Crippen LogP contribution in [0.15, 0.2) is 42.5 Å². The Bertz CT molecular complexity index is 1010. The highest BCUT2D eigenvalue weighted by Crippen LogP contribution is 2.16. The third-order valence-electron chi connectivity index (χ3n) is 4.83. The Morgan fingerprint density at radius 1 is 1.07 bits per heavy atom. The van der Waals surface area contributed by atoms with E-state index in [1.54, 1.807) is 0 Å². The molecule has 6 heteroatoms. The summed E-state index contributed by atoms with van der Waals surface area (Å²) in [6, 6.07) is 13.5. The van der Waals surface area contributed by atoms with E-state index in [0.29, 0.717) is 24.4 Å². The first-order chi connectivity index (χ1) is 14.4. The summed E-state index contributed by atoms with van der Waals surface area (Å²) in [6.45, 7) is 6.79. The number of aryl methyl sites for hydroxylation is 2. The molecule has 0 saturated heterocycles. The number of hydrogen-bond donors (Lipinski definition) is 3. The number of nitrogens with one attached hydrogen (secondary N) is 3. The zero-order valence-corrected chi connectivity index (χ0v) is 17.9. The van der Waals surface area contributed by atoms with E-state index in [1.165, 1.54) is 5.56 Å². The van der Waals surface area contributed by atoms with Crippen LogP contribution in [0.4, 0.5) is 5.69 Å². The molecule has 0 aliphatic heterocycles. The van der Waals surface area contributed by atoms with E-state index < -0.39 is 0 Å². The van der Waals surface area contributed by atoms with Crippen LogP contribution in [-0.4, -0.2) is 28.3 Å². The molecule has 1 heterocycles. The van der Waals surface area contributed by atoms with E-state index in [4.69, 9.17) is 0 Å². The van der Waals surface area contributed by atoms with Gasteiger partial charge in [-0.3, -0.25) is 9.59 Å². The lowest BCUT2D eigenvalue weighted by atomic mass is 10.1. The third kappa shape index (κ3) is 5.92. The molecule has 0 saturated carbocycles. The molecule has 2 amide bonds. The molecule has 0 atom stereocenters. The average Bonchev–Trinajstić information content (AvgIpc) is 3.13. The second kappa shape index (κ2) is 10.1. The number of benzene rings is 2. The van der Waals surface area contributed by atoms with Crippen molar-refractivity contribution >= 4 is 28.5 Å². The van der Waals surface area contributed by atoms with Crippen molar-refractivity contribution in [3.63, 3.8) is 0 Å². The molecular weight excluding hydrogens is 376 g/mol. The van der Waals surface area contributed by atoms with E-state index in [1.807, 2.05) is 49.4 Å². The van der Waals surface area contributed by atoms with Gasteiger partial charge < -0.3 is 15.6 Å². The van der Waals surface area contributed by atoms with E-state index in [-0.39, 0.29) is 11.8 Å². The maximum atomic E-state index is 12.3. The van der Waals surface area contributed by atoms with Crippen LogP contribution in [0.2, 0.25) is 0 Å². The lowest BCUT2D eigenvalue weighted by Gasteiger charge is -2.07. The fraction of sp³-hybridized carbons (Fsp3) is 0.375. The topological polar surface area (TPSA) is 86.9 Å². The number of nitrogens with zero attached hydrogens (tertiary/aromatic N) is 1. The Balaban J connectivity index is 1.59. The predicted octanol–water partition coefficient (Wildman–Crippen LogP) is 4.47. The highest BCUT2D eigenvalue weighted by Gasteiger charge is 2.10. The van der Waals surface area contributed by atoms with Crippen molar-refractivity contribution in [1.29, 1.82) is 0 Å². The van der Waals surface area contributed by atoms with Gasteiger partial charge in [0.1, 0.15) is 5.82 Å². The van der Waals surface area contributed by atoms with Crippen molar-refractivity contribution in [3.8, 4) is 0 Å². The zero-order chi connectivity index (χ0) is 21.5. The van der Waals surface area contributed by atoms with E-state index >= 15 is 0 Å². The fourth-order valence-electron chi connectivity index (χ4n) is 3.19. The van der Waals surface area contributed by atoms with Gasteiger partial charge in [-0.2, -0.15) is 0 Å². The minimum Gasteiger partial charge on any atom is -0.352 e. The van der Waals surface area contributed by atoms with Gasteiger partial charge in [0, 0.05) is 30.6 Å². The molecule has 0 bridgehead atoms. The second-order valence-electron chi connectivity index (χ2n) is 8.01. The average molecular weight is 407 g/mol. The standard InChI is InChI=1S/C24H30N4O2/c1-4-5-23(29)26-19-10-6-17(7-11-19)8-13-22-27-20-12-9-18(14-21(20)28-22)24(30)25-15-16(2)3/h6-7,9-12,14,16H,4-5,8,13,15H2,1-3H3,(H,25,30)(H,26,29)(H,27,28). The van der Waals surface area contributed by atoms with Crippen LogP contribution in [0, 0.1) is 5.92 Å². The smallest absolute Gasteiger partial charge is 0.251 e. The Morgan fingerprint density at radius 2 is 1.83 bits per heavy atom. The van der Waals surface area contributed by atoms with Gasteiger partial charge in [0.25, 0.3) is 5.91 Å². The number of anilines is 1. The lowest BCUT2D eigenvalue weighted by molar-refractivity contribution is -0.116. The summed E-state index contributed by atoms with van der Waals surface area (Å²) in [5, 5.41) is 5.84. The molecule has 0 unspecified atom stereocenters. The number of hydrogen-bond acceptors (Lipinski definition) is 3. The molecule has 3 aromatic rings. The van der Waals surface area contributed by atoms with Gasteiger partial charge in [-0.15, -0.1) is 0 Å². The highest BCUT2D eigenvalue weighted by molar-refractivity contribution is 5.97. The summed E-state index contributed by atoms with van der Waals surface area (Å²) < 4.78 is 0. The maximum Gasteiger partial charge on any atom is 0.251 e. The number of aromatic nitrogens is 2. The number of fused-ring (bicyclic) bond motifs is 1. The van der Waals surface area contributed by atoms with Crippen molar-refractivity contribution < 1.29 is 9.59 Å². The molecule has 0 aliphatic rings. The summed E-state index contributed by atoms with van der Waals surface area (Å²) in [6.07, 6.45) is 2.98. The Labute approximate surface area is 177 Å². The molecule has 0 radical (unpaired) electrons. The Kier molecular flexibility index (Phi) is 7.22. The normalized spacial score (nSPS) is 11.1. The molecule has 2 aromatic carbocycles. The van der Waals surface area contributed by atoms with Crippen molar-refractivity contribution in [1.82, 2.24) is 15.3 Å². The molecule has 0 spiro atoms. The quantitative estimate of drug-likeness (QED) is 0.490. The molecule has 6 nitrogen and oxygen atoms in total. The highest BCUT2D eigenvalue weighted by atomic mass is 16.2. The van der Waals surface area contributed by atoms with E-state index in [2.05, 4.69) is 34.4 Å². The summed E-state index contributed by atoms with van der Waals surface area (Å²) in [5.74, 6) is 1.29. The minimum atomic E-state index is -0.0622. The van der Waals surface area contributed by atoms with Gasteiger partial charge in [-0.25, -0.2) is 4.98 Å². The van der Waals surface area contributed by atoms with Gasteiger partial charge >= 0.3 is 0 Å². The number of rotatable bonds is 9. The monoisotopic (exact) mass is 406 g/mol. The van der Waals surface area contributed by atoms with Crippen LogP contribution in [-0.2, 0) is 17.6 Å². The van der Waals surface area contributed by atoms with Crippen LogP contribution in [0.3, 0.4) is 0 Å². The van der Waals surface area contributed by atoms with Crippen molar-refractivity contribution in [3.05, 3.63) is 59.4 Å². The summed E-state index contributed by atoms with van der Waals surface area (Å²) in [7, 11) is 0. The first-order valence-corrected chi connectivity index (χ1v) is 10.6. The largest absolute Gasteiger partial charge is 0.352 e. The summed E-state index contributed by atoms with van der Waals surface area (Å²) in [5.41, 5.74) is 4.37. The molecule has 0 aliphatic carbocycles. The molecule has 1 aromatic heterocycles. The maximum absolute atomic E-state index is 12.3. The van der Waals surface area contributed by atoms with Crippen LogP contribution >= 0.6 is 0 Å². The Hall–Kier alpha value is -3.15. The summed E-state index contributed by atoms with van der Waals surface area (Å²) in [4.78, 5) is 31.9. The first-order valence-electron chi connectivity index (χ1n) is 10.6. The molecule has 3 N–H and O–H groups in total. The molecule has 3 rings (SSSR count).